The SMILES string of the molecule is CN(C)CCNC(=O)c1cc(=O)[nH]c(=O)[nH]1. The number of carbonyl (C=O) groups excluding carboxylic acids is 1. The lowest BCUT2D eigenvalue weighted by Crippen LogP contribution is -2.34. The molecule has 7 nitrogen and oxygen atoms in total. The Morgan fingerprint density at radius 2 is 2.06 bits per heavy atom. The van der Waals surface area contributed by atoms with Gasteiger partial charge in [-0.3, -0.25) is 14.6 Å². The molecule has 88 valence electrons. The number of nitrogens with one attached hydrogen (secondary N) is 3. The molecule has 0 saturated carbocycles. The van der Waals surface area contributed by atoms with Crippen molar-refractivity contribution in [1.29, 1.82) is 0 Å². The summed E-state index contributed by atoms with van der Waals surface area (Å²) in [4.78, 5) is 39.4. The number of carbonyl (C=O) groups is 1. The van der Waals surface area contributed by atoms with Gasteiger partial charge in [-0.25, -0.2) is 4.79 Å². The van der Waals surface area contributed by atoms with Gasteiger partial charge in [-0.05, 0) is 14.1 Å². The lowest BCUT2D eigenvalue weighted by Gasteiger charge is -2.09. The van der Waals surface area contributed by atoms with Crippen molar-refractivity contribution in [3.05, 3.63) is 32.6 Å². The molecular formula is C9H14N4O3. The molecule has 1 aromatic heterocycles. The van der Waals surface area contributed by atoms with Crippen LogP contribution in [-0.2, 0) is 0 Å². The van der Waals surface area contributed by atoms with E-state index >= 15 is 0 Å². The third-order valence-corrected chi connectivity index (χ3v) is 1.85. The largest absolute Gasteiger partial charge is 0.349 e. The lowest BCUT2D eigenvalue weighted by atomic mass is 10.4. The quantitative estimate of drug-likeness (QED) is 0.573. The zero-order valence-corrected chi connectivity index (χ0v) is 9.16. The monoisotopic (exact) mass is 226 g/mol. The van der Waals surface area contributed by atoms with Gasteiger partial charge in [-0.15, -0.1) is 0 Å². The van der Waals surface area contributed by atoms with Crippen LogP contribution in [0.2, 0.25) is 0 Å². The Hall–Kier alpha value is -1.89. The average molecular weight is 226 g/mol. The highest BCUT2D eigenvalue weighted by atomic mass is 16.2. The van der Waals surface area contributed by atoms with Crippen LogP contribution in [-0.4, -0.2) is 48.0 Å². The normalized spacial score (nSPS) is 10.4. The van der Waals surface area contributed by atoms with Gasteiger partial charge in [0.1, 0.15) is 5.69 Å². The fourth-order valence-corrected chi connectivity index (χ4v) is 1.08. The van der Waals surface area contributed by atoms with Gasteiger partial charge in [0.15, 0.2) is 0 Å². The molecule has 0 aromatic carbocycles. The molecule has 16 heavy (non-hydrogen) atoms. The molecule has 0 aliphatic carbocycles. The van der Waals surface area contributed by atoms with Crippen molar-refractivity contribution in [2.45, 2.75) is 0 Å². The highest BCUT2D eigenvalue weighted by Crippen LogP contribution is 1.84. The van der Waals surface area contributed by atoms with Gasteiger partial charge >= 0.3 is 5.69 Å². The maximum atomic E-state index is 11.5. The summed E-state index contributed by atoms with van der Waals surface area (Å²) in [5, 5.41) is 2.58. The summed E-state index contributed by atoms with van der Waals surface area (Å²) in [5.74, 6) is -0.468. The van der Waals surface area contributed by atoms with E-state index in [2.05, 4.69) is 10.3 Å². The Kier molecular flexibility index (Phi) is 4.01. The van der Waals surface area contributed by atoms with Gasteiger partial charge in [-0.2, -0.15) is 0 Å². The number of nitrogens with zero attached hydrogens (tertiary/aromatic N) is 1. The molecule has 1 amide bonds. The van der Waals surface area contributed by atoms with Crippen molar-refractivity contribution < 1.29 is 4.79 Å². The van der Waals surface area contributed by atoms with E-state index in [4.69, 9.17) is 0 Å². The van der Waals surface area contributed by atoms with Crippen molar-refractivity contribution >= 4 is 5.91 Å². The van der Waals surface area contributed by atoms with Crippen LogP contribution in [0.15, 0.2) is 15.7 Å². The van der Waals surface area contributed by atoms with Gasteiger partial charge in [0.25, 0.3) is 11.5 Å². The summed E-state index contributed by atoms with van der Waals surface area (Å²) < 4.78 is 0. The predicted octanol–water partition coefficient (Wildman–Crippen LogP) is -1.65. The Morgan fingerprint density at radius 3 is 2.62 bits per heavy atom. The van der Waals surface area contributed by atoms with Crippen molar-refractivity contribution in [2.75, 3.05) is 27.2 Å². The van der Waals surface area contributed by atoms with E-state index in [1.54, 1.807) is 0 Å². The number of aromatic amines is 2. The Morgan fingerprint density at radius 1 is 1.38 bits per heavy atom. The average Bonchev–Trinajstić information content (AvgIpc) is 2.15. The first-order valence-corrected chi connectivity index (χ1v) is 4.75. The zero-order chi connectivity index (χ0) is 12.1. The number of hydrogen-bond acceptors (Lipinski definition) is 4. The molecule has 1 aromatic rings. The molecule has 0 saturated heterocycles. The van der Waals surface area contributed by atoms with Crippen molar-refractivity contribution in [1.82, 2.24) is 20.2 Å². The molecule has 0 radical (unpaired) electrons. The third-order valence-electron chi connectivity index (χ3n) is 1.85. The number of rotatable bonds is 4. The van der Waals surface area contributed by atoms with Gasteiger partial charge < -0.3 is 15.2 Å². The van der Waals surface area contributed by atoms with Crippen LogP contribution in [0.25, 0.3) is 0 Å². The number of H-pyrrole nitrogens is 2. The summed E-state index contributed by atoms with van der Waals surface area (Å²) in [6.07, 6.45) is 0. The topological polar surface area (TPSA) is 98.1 Å². The summed E-state index contributed by atoms with van der Waals surface area (Å²) in [5.41, 5.74) is -1.32. The van der Waals surface area contributed by atoms with Crippen LogP contribution in [0.4, 0.5) is 0 Å². The maximum Gasteiger partial charge on any atom is 0.326 e. The molecule has 0 atom stereocenters. The molecule has 0 unspecified atom stereocenters. The fourth-order valence-electron chi connectivity index (χ4n) is 1.08. The second-order valence-electron chi connectivity index (χ2n) is 3.56. The van der Waals surface area contributed by atoms with Crippen LogP contribution in [0.5, 0.6) is 0 Å². The Bertz CT molecular complexity index is 446. The highest BCUT2D eigenvalue weighted by molar-refractivity contribution is 5.91. The first-order valence-electron chi connectivity index (χ1n) is 4.75. The van der Waals surface area contributed by atoms with Gasteiger partial charge in [-0.1, -0.05) is 0 Å². The molecule has 0 fully saturated rings. The number of amides is 1. The zero-order valence-electron chi connectivity index (χ0n) is 9.16. The van der Waals surface area contributed by atoms with Crippen LogP contribution < -0.4 is 16.6 Å². The van der Waals surface area contributed by atoms with E-state index < -0.39 is 17.2 Å². The minimum Gasteiger partial charge on any atom is -0.349 e. The molecule has 1 heterocycles. The van der Waals surface area contributed by atoms with E-state index in [0.717, 1.165) is 6.07 Å². The van der Waals surface area contributed by atoms with Crippen molar-refractivity contribution in [3.63, 3.8) is 0 Å². The van der Waals surface area contributed by atoms with Crippen LogP contribution in [0, 0.1) is 0 Å². The Balaban J connectivity index is 2.66. The molecule has 3 N–H and O–H groups in total. The standard InChI is InChI=1S/C9H14N4O3/c1-13(2)4-3-10-8(15)6-5-7(14)12-9(16)11-6/h5H,3-4H2,1-2H3,(H,10,15)(H2,11,12,14,16). The van der Waals surface area contributed by atoms with Crippen molar-refractivity contribution in [2.24, 2.45) is 0 Å². The molecule has 0 aliphatic rings. The molecule has 0 bridgehead atoms. The number of likely N-dealkylation sites (N-methyl/N-ethyl adjacent to an activating group) is 1. The molecule has 0 aliphatic heterocycles. The second-order valence-corrected chi connectivity index (χ2v) is 3.56. The van der Waals surface area contributed by atoms with Gasteiger partial charge in [0.2, 0.25) is 0 Å². The van der Waals surface area contributed by atoms with Crippen molar-refractivity contribution in [3.8, 4) is 0 Å². The minimum atomic E-state index is -0.690. The minimum absolute atomic E-state index is 0.0347. The number of aromatic nitrogens is 2. The summed E-state index contributed by atoms with van der Waals surface area (Å²) in [7, 11) is 3.75. The van der Waals surface area contributed by atoms with E-state index in [1.165, 1.54) is 0 Å². The van der Waals surface area contributed by atoms with Crippen LogP contribution in [0.1, 0.15) is 10.5 Å². The second kappa shape index (κ2) is 5.26. The van der Waals surface area contributed by atoms with E-state index in [-0.39, 0.29) is 5.69 Å². The van der Waals surface area contributed by atoms with Crippen LogP contribution in [0.3, 0.4) is 0 Å². The highest BCUT2D eigenvalue weighted by Gasteiger charge is 2.06. The van der Waals surface area contributed by atoms with Gasteiger partial charge in [0, 0.05) is 19.2 Å². The lowest BCUT2D eigenvalue weighted by molar-refractivity contribution is 0.0945. The first-order chi connectivity index (χ1) is 7.49. The molecular weight excluding hydrogens is 212 g/mol. The Labute approximate surface area is 91.5 Å². The molecule has 7 heteroatoms. The summed E-state index contributed by atoms with van der Waals surface area (Å²) in [6, 6.07) is 1.05. The smallest absolute Gasteiger partial charge is 0.326 e. The fraction of sp³-hybridized carbons (Fsp3) is 0.444. The van der Waals surface area contributed by atoms with E-state index in [1.807, 2.05) is 24.0 Å². The first kappa shape index (κ1) is 12.2. The van der Waals surface area contributed by atoms with Crippen LogP contribution >= 0.6 is 0 Å². The molecule has 1 rings (SSSR count). The van der Waals surface area contributed by atoms with E-state index in [0.29, 0.717) is 13.1 Å². The summed E-state index contributed by atoms with van der Waals surface area (Å²) >= 11 is 0. The maximum absolute atomic E-state index is 11.5. The predicted molar refractivity (Wildman–Crippen MR) is 58.6 cm³/mol. The summed E-state index contributed by atoms with van der Waals surface area (Å²) in [6.45, 7) is 1.12. The van der Waals surface area contributed by atoms with E-state index in [9.17, 15) is 14.4 Å². The third kappa shape index (κ3) is 3.70. The van der Waals surface area contributed by atoms with Gasteiger partial charge in [0.05, 0.1) is 0 Å². The number of hydrogen-bond donors (Lipinski definition) is 3. The molecule has 0 spiro atoms.